The van der Waals surface area contributed by atoms with E-state index in [2.05, 4.69) is 48.6 Å². The maximum absolute atomic E-state index is 6.33. The van der Waals surface area contributed by atoms with Crippen molar-refractivity contribution in [3.63, 3.8) is 0 Å². The first-order valence-corrected chi connectivity index (χ1v) is 9.23. The Morgan fingerprint density at radius 1 is 1.00 bits per heavy atom. The van der Waals surface area contributed by atoms with Crippen LogP contribution in [-0.2, 0) is 12.8 Å². The largest absolute Gasteiger partial charge is 0.490 e. The summed E-state index contributed by atoms with van der Waals surface area (Å²) in [6.07, 6.45) is 4.33. The second kappa shape index (κ2) is 7.32. The Kier molecular flexibility index (Phi) is 4.75. The first-order valence-electron chi connectivity index (χ1n) is 9.23. The Morgan fingerprint density at radius 2 is 1.80 bits per heavy atom. The number of benzene rings is 2. The lowest BCUT2D eigenvalue weighted by atomic mass is 10.0. The van der Waals surface area contributed by atoms with Crippen LogP contribution in [0.5, 0.6) is 5.75 Å². The Bertz CT molecular complexity index is 832. The number of fused-ring (bicyclic) bond motifs is 1. The molecular weight excluding hydrogens is 310 g/mol. The van der Waals surface area contributed by atoms with Crippen LogP contribution in [0.2, 0.25) is 0 Å². The van der Waals surface area contributed by atoms with Crippen LogP contribution in [0.3, 0.4) is 0 Å². The SMILES string of the molecule is Cc1c(CCc2ccccc2)oc2cccc(OC3CCNCC3)c12. The van der Waals surface area contributed by atoms with Gasteiger partial charge in [0.25, 0.3) is 0 Å². The molecule has 0 radical (unpaired) electrons. The number of hydrogen-bond acceptors (Lipinski definition) is 3. The lowest BCUT2D eigenvalue weighted by Gasteiger charge is -2.24. The zero-order valence-corrected chi connectivity index (χ0v) is 14.8. The van der Waals surface area contributed by atoms with Crippen molar-refractivity contribution in [3.05, 3.63) is 65.4 Å². The van der Waals surface area contributed by atoms with Gasteiger partial charge >= 0.3 is 0 Å². The molecular formula is C22H25NO2. The van der Waals surface area contributed by atoms with Crippen LogP contribution in [0.1, 0.15) is 29.7 Å². The van der Waals surface area contributed by atoms with Gasteiger partial charge in [0, 0.05) is 12.0 Å². The summed E-state index contributed by atoms with van der Waals surface area (Å²) in [7, 11) is 0. The van der Waals surface area contributed by atoms with Crippen LogP contribution >= 0.6 is 0 Å². The van der Waals surface area contributed by atoms with Crippen LogP contribution in [-0.4, -0.2) is 19.2 Å². The summed E-state index contributed by atoms with van der Waals surface area (Å²) in [6.45, 7) is 4.22. The molecule has 0 aliphatic carbocycles. The normalized spacial score (nSPS) is 15.6. The fourth-order valence-corrected chi connectivity index (χ4v) is 3.65. The number of piperidine rings is 1. The summed E-state index contributed by atoms with van der Waals surface area (Å²) in [5.74, 6) is 2.04. The number of aryl methyl sites for hydroxylation is 3. The van der Waals surface area contributed by atoms with Crippen molar-refractivity contribution in [2.24, 2.45) is 0 Å². The molecule has 2 aromatic carbocycles. The van der Waals surface area contributed by atoms with Crippen molar-refractivity contribution in [1.82, 2.24) is 5.32 Å². The van der Waals surface area contributed by atoms with Crippen molar-refractivity contribution in [3.8, 4) is 5.75 Å². The summed E-state index contributed by atoms with van der Waals surface area (Å²) in [6, 6.07) is 16.7. The molecule has 0 spiro atoms. The molecule has 0 bridgehead atoms. The van der Waals surface area contributed by atoms with Gasteiger partial charge in [-0.3, -0.25) is 0 Å². The number of ether oxygens (including phenoxy) is 1. The van der Waals surface area contributed by atoms with Crippen LogP contribution in [0.15, 0.2) is 52.9 Å². The summed E-state index contributed by atoms with van der Waals surface area (Å²) in [5.41, 5.74) is 3.50. The van der Waals surface area contributed by atoms with Gasteiger partial charge in [0.2, 0.25) is 0 Å². The molecule has 1 aliphatic rings. The smallest absolute Gasteiger partial charge is 0.138 e. The van der Waals surface area contributed by atoms with E-state index in [0.717, 1.165) is 61.3 Å². The van der Waals surface area contributed by atoms with E-state index >= 15 is 0 Å². The van der Waals surface area contributed by atoms with E-state index in [4.69, 9.17) is 9.15 Å². The zero-order valence-electron chi connectivity index (χ0n) is 14.8. The Labute approximate surface area is 149 Å². The third kappa shape index (κ3) is 3.57. The predicted octanol–water partition coefficient (Wildman–Crippen LogP) is 4.66. The van der Waals surface area contributed by atoms with E-state index in [-0.39, 0.29) is 0 Å². The minimum atomic E-state index is 0.300. The van der Waals surface area contributed by atoms with Crippen molar-refractivity contribution < 1.29 is 9.15 Å². The Hall–Kier alpha value is -2.26. The van der Waals surface area contributed by atoms with Gasteiger partial charge in [-0.2, -0.15) is 0 Å². The van der Waals surface area contributed by atoms with Gasteiger partial charge in [0.1, 0.15) is 23.2 Å². The van der Waals surface area contributed by atoms with Crippen molar-refractivity contribution in [2.75, 3.05) is 13.1 Å². The molecule has 0 amide bonds. The first-order chi connectivity index (χ1) is 12.3. The fraction of sp³-hybridized carbons (Fsp3) is 0.364. The lowest BCUT2D eigenvalue weighted by Crippen LogP contribution is -2.34. The summed E-state index contributed by atoms with van der Waals surface area (Å²) >= 11 is 0. The summed E-state index contributed by atoms with van der Waals surface area (Å²) in [5, 5.41) is 4.53. The second-order valence-electron chi connectivity index (χ2n) is 6.83. The molecule has 1 aliphatic heterocycles. The minimum Gasteiger partial charge on any atom is -0.490 e. The molecule has 1 saturated heterocycles. The Balaban J connectivity index is 1.57. The van der Waals surface area contributed by atoms with Crippen molar-refractivity contribution in [2.45, 2.75) is 38.7 Å². The molecule has 2 heterocycles. The highest BCUT2D eigenvalue weighted by Crippen LogP contribution is 2.34. The molecule has 0 unspecified atom stereocenters. The first kappa shape index (κ1) is 16.2. The highest BCUT2D eigenvalue weighted by molar-refractivity contribution is 5.88. The van der Waals surface area contributed by atoms with Crippen molar-refractivity contribution in [1.29, 1.82) is 0 Å². The maximum Gasteiger partial charge on any atom is 0.138 e. The number of nitrogens with one attached hydrogen (secondary N) is 1. The third-order valence-corrected chi connectivity index (χ3v) is 5.08. The van der Waals surface area contributed by atoms with Gasteiger partial charge in [-0.25, -0.2) is 0 Å². The van der Waals surface area contributed by atoms with Crippen LogP contribution in [0, 0.1) is 6.92 Å². The average molecular weight is 335 g/mol. The Morgan fingerprint density at radius 3 is 2.60 bits per heavy atom. The van der Waals surface area contributed by atoms with E-state index < -0.39 is 0 Å². The number of hydrogen-bond donors (Lipinski definition) is 1. The van der Waals surface area contributed by atoms with E-state index in [1.165, 1.54) is 11.1 Å². The molecule has 3 aromatic rings. The number of furan rings is 1. The summed E-state index contributed by atoms with van der Waals surface area (Å²) < 4.78 is 12.5. The van der Waals surface area contributed by atoms with Crippen molar-refractivity contribution >= 4 is 11.0 Å². The highest BCUT2D eigenvalue weighted by atomic mass is 16.5. The topological polar surface area (TPSA) is 34.4 Å². The minimum absolute atomic E-state index is 0.300. The predicted molar refractivity (Wildman–Crippen MR) is 101 cm³/mol. The van der Waals surface area contributed by atoms with Gasteiger partial charge in [-0.15, -0.1) is 0 Å². The van der Waals surface area contributed by atoms with Gasteiger partial charge in [0.15, 0.2) is 0 Å². The molecule has 130 valence electrons. The molecule has 0 saturated carbocycles. The highest BCUT2D eigenvalue weighted by Gasteiger charge is 2.19. The van der Waals surface area contributed by atoms with Gasteiger partial charge < -0.3 is 14.5 Å². The molecule has 25 heavy (non-hydrogen) atoms. The summed E-state index contributed by atoms with van der Waals surface area (Å²) in [4.78, 5) is 0. The van der Waals surface area contributed by atoms with Crippen LogP contribution in [0.4, 0.5) is 0 Å². The number of rotatable bonds is 5. The standard InChI is InChI=1S/C22H25NO2/c1-16-19(11-10-17-6-3-2-4-7-17)25-21-9-5-8-20(22(16)21)24-18-12-14-23-15-13-18/h2-9,18,23H,10-15H2,1H3. The van der Waals surface area contributed by atoms with Crippen LogP contribution < -0.4 is 10.1 Å². The van der Waals surface area contributed by atoms with Gasteiger partial charge in [0.05, 0.1) is 5.39 Å². The monoisotopic (exact) mass is 335 g/mol. The maximum atomic E-state index is 6.33. The molecule has 4 rings (SSSR count). The fourth-order valence-electron chi connectivity index (χ4n) is 3.65. The van der Waals surface area contributed by atoms with Gasteiger partial charge in [-0.05, 0) is 57.0 Å². The average Bonchev–Trinajstić information content (AvgIpc) is 2.99. The third-order valence-electron chi connectivity index (χ3n) is 5.08. The van der Waals surface area contributed by atoms with E-state index in [0.29, 0.717) is 6.10 Å². The molecule has 0 atom stereocenters. The lowest BCUT2D eigenvalue weighted by molar-refractivity contribution is 0.164. The molecule has 1 N–H and O–H groups in total. The molecule has 3 nitrogen and oxygen atoms in total. The molecule has 1 aromatic heterocycles. The van der Waals surface area contributed by atoms with E-state index in [1.807, 2.05) is 12.1 Å². The second-order valence-corrected chi connectivity index (χ2v) is 6.83. The van der Waals surface area contributed by atoms with Crippen LogP contribution in [0.25, 0.3) is 11.0 Å². The van der Waals surface area contributed by atoms with E-state index in [1.54, 1.807) is 0 Å². The molecule has 1 fully saturated rings. The quantitative estimate of drug-likeness (QED) is 0.736. The van der Waals surface area contributed by atoms with Gasteiger partial charge in [-0.1, -0.05) is 36.4 Å². The zero-order chi connectivity index (χ0) is 17.1. The molecule has 3 heteroatoms. The van der Waals surface area contributed by atoms with E-state index in [9.17, 15) is 0 Å².